The van der Waals surface area contributed by atoms with E-state index in [4.69, 9.17) is 9.15 Å². The van der Waals surface area contributed by atoms with Crippen molar-refractivity contribution in [1.29, 1.82) is 0 Å². The van der Waals surface area contributed by atoms with Gasteiger partial charge >= 0.3 is 5.63 Å². The van der Waals surface area contributed by atoms with E-state index in [0.29, 0.717) is 46.0 Å². The van der Waals surface area contributed by atoms with E-state index in [1.807, 2.05) is 25.1 Å². The van der Waals surface area contributed by atoms with Gasteiger partial charge in [-0.25, -0.2) is 4.79 Å². The highest BCUT2D eigenvalue weighted by atomic mass is 16.5. The van der Waals surface area contributed by atoms with Gasteiger partial charge in [0.05, 0.1) is 11.3 Å². The highest BCUT2D eigenvalue weighted by Crippen LogP contribution is 2.39. The lowest BCUT2D eigenvalue weighted by atomic mass is 10.1. The summed E-state index contributed by atoms with van der Waals surface area (Å²) in [5.41, 5.74) is 0.898. The minimum atomic E-state index is -0.733. The molecule has 0 atom stereocenters. The largest absolute Gasteiger partial charge is 0.454 e. The zero-order valence-electron chi connectivity index (χ0n) is 17.1. The number of rotatable bonds is 3. The summed E-state index contributed by atoms with van der Waals surface area (Å²) in [6.45, 7) is 2.33. The number of carbonyl (C=O) groups is 2. The summed E-state index contributed by atoms with van der Waals surface area (Å²) in [6.07, 6.45) is 0. The van der Waals surface area contributed by atoms with Crippen molar-refractivity contribution >= 4 is 34.2 Å². The van der Waals surface area contributed by atoms with Gasteiger partial charge in [0.1, 0.15) is 16.9 Å². The number of benzene rings is 3. The molecule has 2 amide bonds. The Morgan fingerprint density at radius 2 is 1.72 bits per heavy atom. The molecule has 158 valence electrons. The fraction of sp³-hybridized carbons (Fsp3) is 0.0800. The average Bonchev–Trinajstić information content (AvgIpc) is 2.92. The second-order valence-corrected chi connectivity index (χ2v) is 7.27. The molecule has 32 heavy (non-hydrogen) atoms. The van der Waals surface area contributed by atoms with Gasteiger partial charge in [-0.3, -0.25) is 9.59 Å². The average molecular weight is 426 g/mol. The molecule has 0 saturated carbocycles. The monoisotopic (exact) mass is 426 g/mol. The SMILES string of the molecule is CCN1C(=O)c2cc(NC(=O)c3cc4ccccc4oc3=O)ccc2Oc2ccccc21. The van der Waals surface area contributed by atoms with Crippen LogP contribution in [0, 0.1) is 0 Å². The van der Waals surface area contributed by atoms with Crippen molar-refractivity contribution in [3.63, 3.8) is 0 Å². The van der Waals surface area contributed by atoms with E-state index in [0.717, 1.165) is 0 Å². The molecular formula is C25H18N2O5. The second kappa shape index (κ2) is 7.70. The van der Waals surface area contributed by atoms with Crippen LogP contribution in [0.25, 0.3) is 11.0 Å². The molecule has 0 unspecified atom stereocenters. The lowest BCUT2D eigenvalue weighted by molar-refractivity contribution is 0.0985. The molecule has 7 nitrogen and oxygen atoms in total. The summed E-state index contributed by atoms with van der Waals surface area (Å²) in [4.78, 5) is 39.9. The summed E-state index contributed by atoms with van der Waals surface area (Å²) >= 11 is 0. The zero-order chi connectivity index (χ0) is 22.2. The predicted octanol–water partition coefficient (Wildman–Crippen LogP) is 4.82. The van der Waals surface area contributed by atoms with Crippen LogP contribution in [-0.2, 0) is 0 Å². The van der Waals surface area contributed by atoms with Gasteiger partial charge in [0.15, 0.2) is 5.75 Å². The van der Waals surface area contributed by atoms with Gasteiger partial charge < -0.3 is 19.4 Å². The Morgan fingerprint density at radius 3 is 2.56 bits per heavy atom. The Kier molecular flexibility index (Phi) is 4.71. The van der Waals surface area contributed by atoms with Crippen molar-refractivity contribution in [2.24, 2.45) is 0 Å². The maximum Gasteiger partial charge on any atom is 0.349 e. The molecule has 0 radical (unpaired) electrons. The minimum absolute atomic E-state index is 0.121. The summed E-state index contributed by atoms with van der Waals surface area (Å²) < 4.78 is 11.2. The first-order chi connectivity index (χ1) is 15.5. The van der Waals surface area contributed by atoms with Gasteiger partial charge in [-0.2, -0.15) is 0 Å². The molecule has 1 aliphatic rings. The van der Waals surface area contributed by atoms with Crippen molar-refractivity contribution in [3.05, 3.63) is 94.3 Å². The predicted molar refractivity (Wildman–Crippen MR) is 121 cm³/mol. The molecule has 1 aliphatic heterocycles. The fourth-order valence-corrected chi connectivity index (χ4v) is 3.74. The Bertz CT molecular complexity index is 1440. The Balaban J connectivity index is 1.49. The van der Waals surface area contributed by atoms with Gasteiger partial charge in [0.2, 0.25) is 0 Å². The van der Waals surface area contributed by atoms with Crippen molar-refractivity contribution in [1.82, 2.24) is 0 Å². The van der Waals surface area contributed by atoms with E-state index in [1.165, 1.54) is 6.07 Å². The number of nitrogens with one attached hydrogen (secondary N) is 1. The minimum Gasteiger partial charge on any atom is -0.454 e. The molecule has 4 aromatic rings. The summed E-state index contributed by atoms with van der Waals surface area (Å²) in [6, 6.07) is 20.5. The van der Waals surface area contributed by atoms with Gasteiger partial charge in [-0.15, -0.1) is 0 Å². The van der Waals surface area contributed by atoms with Crippen LogP contribution in [0.4, 0.5) is 11.4 Å². The van der Waals surface area contributed by atoms with Crippen LogP contribution < -0.4 is 20.6 Å². The van der Waals surface area contributed by atoms with Crippen molar-refractivity contribution < 1.29 is 18.7 Å². The molecule has 0 aliphatic carbocycles. The van der Waals surface area contributed by atoms with E-state index in [-0.39, 0.29) is 11.5 Å². The van der Waals surface area contributed by atoms with Crippen LogP contribution >= 0.6 is 0 Å². The van der Waals surface area contributed by atoms with E-state index in [2.05, 4.69) is 5.32 Å². The number of anilines is 2. The molecule has 1 N–H and O–H groups in total. The first-order valence-corrected chi connectivity index (χ1v) is 10.1. The van der Waals surface area contributed by atoms with Gasteiger partial charge in [-0.05, 0) is 49.4 Å². The lowest BCUT2D eigenvalue weighted by Gasteiger charge is -2.19. The maximum atomic E-state index is 13.2. The van der Waals surface area contributed by atoms with Crippen LogP contribution in [-0.4, -0.2) is 18.4 Å². The number of amides is 2. The molecule has 2 heterocycles. The zero-order valence-corrected chi connectivity index (χ0v) is 17.1. The van der Waals surface area contributed by atoms with Crippen LogP contribution in [0.3, 0.4) is 0 Å². The molecule has 7 heteroatoms. The fourth-order valence-electron chi connectivity index (χ4n) is 3.74. The van der Waals surface area contributed by atoms with Crippen LogP contribution in [0.2, 0.25) is 0 Å². The lowest BCUT2D eigenvalue weighted by Crippen LogP contribution is -2.29. The summed E-state index contributed by atoms with van der Waals surface area (Å²) in [5, 5.41) is 3.32. The third kappa shape index (κ3) is 3.30. The van der Waals surface area contributed by atoms with Crippen LogP contribution in [0.15, 0.2) is 82.0 Å². The molecule has 0 spiro atoms. The molecule has 0 fully saturated rings. The number of nitrogens with zero attached hydrogens (tertiary/aromatic N) is 1. The topological polar surface area (TPSA) is 88.9 Å². The summed E-state index contributed by atoms with van der Waals surface area (Å²) in [7, 11) is 0. The summed E-state index contributed by atoms with van der Waals surface area (Å²) in [5.74, 6) is 0.101. The highest BCUT2D eigenvalue weighted by molar-refractivity contribution is 6.11. The number of carbonyl (C=O) groups excluding carboxylic acids is 2. The maximum absolute atomic E-state index is 13.2. The van der Waals surface area contributed by atoms with Gasteiger partial charge in [0.25, 0.3) is 11.8 Å². The Hall–Kier alpha value is -4.39. The number of para-hydroxylation sites is 3. The number of ether oxygens (including phenoxy) is 1. The molecular weight excluding hydrogens is 408 g/mol. The Morgan fingerprint density at radius 1 is 0.938 bits per heavy atom. The molecule has 0 saturated heterocycles. The Labute approximate surface area is 182 Å². The number of fused-ring (bicyclic) bond motifs is 3. The molecule has 1 aromatic heterocycles. The van der Waals surface area contributed by atoms with Gasteiger partial charge in [0, 0.05) is 17.6 Å². The van der Waals surface area contributed by atoms with Crippen LogP contribution in [0.1, 0.15) is 27.6 Å². The van der Waals surface area contributed by atoms with Gasteiger partial charge in [-0.1, -0.05) is 30.3 Å². The molecule has 3 aromatic carbocycles. The number of hydrogen-bond donors (Lipinski definition) is 1. The first kappa shape index (κ1) is 19.6. The van der Waals surface area contributed by atoms with Crippen molar-refractivity contribution in [2.75, 3.05) is 16.8 Å². The number of hydrogen-bond acceptors (Lipinski definition) is 5. The van der Waals surface area contributed by atoms with E-state index < -0.39 is 11.5 Å². The standard InChI is InChI=1S/C25H18N2O5/c1-2-27-19-8-4-6-10-22(19)31-21-12-11-16(14-17(21)24(27)29)26-23(28)18-13-15-7-3-5-9-20(15)32-25(18)30/h3-14H,2H2,1H3,(H,26,28). The third-order valence-electron chi connectivity index (χ3n) is 5.29. The smallest absolute Gasteiger partial charge is 0.349 e. The van der Waals surface area contributed by atoms with Crippen LogP contribution in [0.5, 0.6) is 11.5 Å². The van der Waals surface area contributed by atoms with E-state index >= 15 is 0 Å². The van der Waals surface area contributed by atoms with Crippen molar-refractivity contribution in [2.45, 2.75) is 6.92 Å². The molecule has 5 rings (SSSR count). The van der Waals surface area contributed by atoms with E-state index in [9.17, 15) is 14.4 Å². The highest BCUT2D eigenvalue weighted by Gasteiger charge is 2.27. The molecule has 0 bridgehead atoms. The van der Waals surface area contributed by atoms with E-state index in [1.54, 1.807) is 53.4 Å². The normalized spacial score (nSPS) is 12.5. The van der Waals surface area contributed by atoms with Crippen molar-refractivity contribution in [3.8, 4) is 11.5 Å². The third-order valence-corrected chi connectivity index (χ3v) is 5.29. The first-order valence-electron chi connectivity index (χ1n) is 10.1. The quantitative estimate of drug-likeness (QED) is 0.475. The second-order valence-electron chi connectivity index (χ2n) is 7.27.